The van der Waals surface area contributed by atoms with E-state index in [-0.39, 0.29) is 5.75 Å². The smallest absolute Gasteiger partial charge is 0.126 e. The second-order valence-corrected chi connectivity index (χ2v) is 4.04. The van der Waals surface area contributed by atoms with E-state index in [2.05, 4.69) is 6.07 Å². The standard InChI is InChI=1S/C14H13FO/c1-9-5-10(2)7-11(6-9)13-4-3-12(15)8-14(13)16/h3-8,16H,1-2H3. The van der Waals surface area contributed by atoms with E-state index in [9.17, 15) is 9.50 Å². The van der Waals surface area contributed by atoms with Crippen molar-refractivity contribution in [2.24, 2.45) is 0 Å². The minimum atomic E-state index is -0.425. The van der Waals surface area contributed by atoms with Gasteiger partial charge in [-0.3, -0.25) is 0 Å². The average Bonchev–Trinajstić information content (AvgIpc) is 2.15. The highest BCUT2D eigenvalue weighted by molar-refractivity contribution is 5.71. The van der Waals surface area contributed by atoms with Crippen molar-refractivity contribution in [3.63, 3.8) is 0 Å². The number of hydrogen-bond acceptors (Lipinski definition) is 1. The van der Waals surface area contributed by atoms with Crippen LogP contribution in [0.5, 0.6) is 5.75 Å². The monoisotopic (exact) mass is 216 g/mol. The summed E-state index contributed by atoms with van der Waals surface area (Å²) in [7, 11) is 0. The molecular formula is C14H13FO. The van der Waals surface area contributed by atoms with E-state index in [0.29, 0.717) is 5.56 Å². The molecule has 0 fully saturated rings. The molecule has 0 aliphatic heterocycles. The third kappa shape index (κ3) is 2.06. The SMILES string of the molecule is Cc1cc(C)cc(-c2ccc(F)cc2O)c1. The molecule has 0 atom stereocenters. The summed E-state index contributed by atoms with van der Waals surface area (Å²) >= 11 is 0. The molecule has 0 saturated heterocycles. The Bertz CT molecular complexity index is 512. The van der Waals surface area contributed by atoms with Gasteiger partial charge < -0.3 is 5.11 Å². The minimum Gasteiger partial charge on any atom is -0.507 e. The Kier molecular flexibility index (Phi) is 2.65. The van der Waals surface area contributed by atoms with Crippen LogP contribution < -0.4 is 0 Å². The van der Waals surface area contributed by atoms with Gasteiger partial charge in [0.15, 0.2) is 0 Å². The van der Waals surface area contributed by atoms with Crippen molar-refractivity contribution in [2.75, 3.05) is 0 Å². The molecule has 2 aromatic rings. The Hall–Kier alpha value is -1.83. The maximum Gasteiger partial charge on any atom is 0.126 e. The molecule has 0 heterocycles. The van der Waals surface area contributed by atoms with Gasteiger partial charge in [0.25, 0.3) is 0 Å². The topological polar surface area (TPSA) is 20.2 Å². The lowest BCUT2D eigenvalue weighted by Gasteiger charge is -2.07. The van der Waals surface area contributed by atoms with E-state index in [1.807, 2.05) is 26.0 Å². The second kappa shape index (κ2) is 3.97. The lowest BCUT2D eigenvalue weighted by atomic mass is 10.00. The maximum absolute atomic E-state index is 12.9. The van der Waals surface area contributed by atoms with Gasteiger partial charge in [-0.2, -0.15) is 0 Å². The fraction of sp³-hybridized carbons (Fsp3) is 0.143. The van der Waals surface area contributed by atoms with Gasteiger partial charge in [0, 0.05) is 11.6 Å². The van der Waals surface area contributed by atoms with Crippen molar-refractivity contribution in [3.8, 4) is 16.9 Å². The normalized spacial score (nSPS) is 10.4. The Morgan fingerprint density at radius 1 is 0.938 bits per heavy atom. The van der Waals surface area contributed by atoms with Gasteiger partial charge in [0.05, 0.1) is 0 Å². The molecule has 0 aliphatic carbocycles. The first-order valence-electron chi connectivity index (χ1n) is 5.13. The Morgan fingerprint density at radius 3 is 2.12 bits per heavy atom. The number of aromatic hydroxyl groups is 1. The molecule has 0 radical (unpaired) electrons. The molecule has 0 aliphatic rings. The molecule has 0 unspecified atom stereocenters. The zero-order valence-electron chi connectivity index (χ0n) is 9.29. The summed E-state index contributed by atoms with van der Waals surface area (Å²) < 4.78 is 12.9. The van der Waals surface area contributed by atoms with E-state index < -0.39 is 5.82 Å². The third-order valence-corrected chi connectivity index (χ3v) is 2.49. The van der Waals surface area contributed by atoms with Crippen molar-refractivity contribution in [1.29, 1.82) is 0 Å². The van der Waals surface area contributed by atoms with Crippen LogP contribution in [0.3, 0.4) is 0 Å². The van der Waals surface area contributed by atoms with E-state index in [1.165, 1.54) is 6.07 Å². The number of halogens is 1. The quantitative estimate of drug-likeness (QED) is 0.768. The first-order valence-corrected chi connectivity index (χ1v) is 5.13. The second-order valence-electron chi connectivity index (χ2n) is 4.04. The van der Waals surface area contributed by atoms with Crippen molar-refractivity contribution in [3.05, 3.63) is 53.3 Å². The Morgan fingerprint density at radius 2 is 1.56 bits per heavy atom. The van der Waals surface area contributed by atoms with E-state index in [0.717, 1.165) is 22.8 Å². The predicted octanol–water partition coefficient (Wildman–Crippen LogP) is 3.82. The fourth-order valence-electron chi connectivity index (χ4n) is 1.88. The molecule has 0 aromatic heterocycles. The van der Waals surface area contributed by atoms with Crippen LogP contribution >= 0.6 is 0 Å². The van der Waals surface area contributed by atoms with Crippen molar-refractivity contribution in [2.45, 2.75) is 13.8 Å². The van der Waals surface area contributed by atoms with Gasteiger partial charge in [-0.15, -0.1) is 0 Å². The van der Waals surface area contributed by atoms with Crippen LogP contribution in [0.25, 0.3) is 11.1 Å². The first-order chi connectivity index (χ1) is 7.56. The molecule has 2 aromatic carbocycles. The van der Waals surface area contributed by atoms with Gasteiger partial charge in [-0.25, -0.2) is 4.39 Å². The number of benzene rings is 2. The molecule has 82 valence electrons. The third-order valence-electron chi connectivity index (χ3n) is 2.49. The van der Waals surface area contributed by atoms with Crippen LogP contribution in [-0.2, 0) is 0 Å². The van der Waals surface area contributed by atoms with Gasteiger partial charge in [0.1, 0.15) is 11.6 Å². The van der Waals surface area contributed by atoms with Crippen molar-refractivity contribution >= 4 is 0 Å². The molecule has 16 heavy (non-hydrogen) atoms. The summed E-state index contributed by atoms with van der Waals surface area (Å²) in [6.45, 7) is 3.99. The number of aryl methyl sites for hydroxylation is 2. The van der Waals surface area contributed by atoms with Crippen LogP contribution in [0.1, 0.15) is 11.1 Å². The molecule has 0 bridgehead atoms. The summed E-state index contributed by atoms with van der Waals surface area (Å²) in [6.07, 6.45) is 0. The largest absolute Gasteiger partial charge is 0.507 e. The van der Waals surface area contributed by atoms with Crippen LogP contribution in [0.15, 0.2) is 36.4 Å². The number of hydrogen-bond donors (Lipinski definition) is 1. The van der Waals surface area contributed by atoms with Crippen LogP contribution in [0, 0.1) is 19.7 Å². The molecule has 0 amide bonds. The Balaban J connectivity index is 2.58. The van der Waals surface area contributed by atoms with Gasteiger partial charge in [-0.1, -0.05) is 29.3 Å². The summed E-state index contributed by atoms with van der Waals surface area (Å²) in [4.78, 5) is 0. The highest BCUT2D eigenvalue weighted by atomic mass is 19.1. The molecule has 0 saturated carbocycles. The van der Waals surface area contributed by atoms with Crippen molar-refractivity contribution in [1.82, 2.24) is 0 Å². The summed E-state index contributed by atoms with van der Waals surface area (Å²) in [5.74, 6) is -0.448. The molecular weight excluding hydrogens is 203 g/mol. The molecule has 0 spiro atoms. The molecule has 2 heteroatoms. The highest BCUT2D eigenvalue weighted by Crippen LogP contribution is 2.30. The zero-order valence-corrected chi connectivity index (χ0v) is 9.29. The van der Waals surface area contributed by atoms with E-state index in [1.54, 1.807) is 6.07 Å². The van der Waals surface area contributed by atoms with Gasteiger partial charge in [-0.05, 0) is 31.5 Å². The van der Waals surface area contributed by atoms with Gasteiger partial charge >= 0.3 is 0 Å². The van der Waals surface area contributed by atoms with Gasteiger partial charge in [0.2, 0.25) is 0 Å². The zero-order chi connectivity index (χ0) is 11.7. The first kappa shape index (κ1) is 10.7. The van der Waals surface area contributed by atoms with Crippen LogP contribution in [-0.4, -0.2) is 5.11 Å². The summed E-state index contributed by atoms with van der Waals surface area (Å²) in [6, 6.07) is 10.1. The lowest BCUT2D eigenvalue weighted by molar-refractivity contribution is 0.471. The summed E-state index contributed by atoms with van der Waals surface area (Å²) in [5.41, 5.74) is 3.82. The lowest BCUT2D eigenvalue weighted by Crippen LogP contribution is -1.84. The number of phenolic OH excluding ortho intramolecular Hbond substituents is 1. The molecule has 1 nitrogen and oxygen atoms in total. The highest BCUT2D eigenvalue weighted by Gasteiger charge is 2.06. The van der Waals surface area contributed by atoms with Crippen LogP contribution in [0.4, 0.5) is 4.39 Å². The fourth-order valence-corrected chi connectivity index (χ4v) is 1.88. The Labute approximate surface area is 94.2 Å². The predicted molar refractivity (Wildman–Crippen MR) is 63.0 cm³/mol. The minimum absolute atomic E-state index is 0.0231. The van der Waals surface area contributed by atoms with Crippen molar-refractivity contribution < 1.29 is 9.50 Å². The molecule has 2 rings (SSSR count). The molecule has 1 N–H and O–H groups in total. The van der Waals surface area contributed by atoms with E-state index in [4.69, 9.17) is 0 Å². The average molecular weight is 216 g/mol. The summed E-state index contributed by atoms with van der Waals surface area (Å²) in [5, 5.41) is 9.69. The number of rotatable bonds is 1. The maximum atomic E-state index is 12.9. The number of phenols is 1. The van der Waals surface area contributed by atoms with E-state index >= 15 is 0 Å². The van der Waals surface area contributed by atoms with Crippen LogP contribution in [0.2, 0.25) is 0 Å².